The lowest BCUT2D eigenvalue weighted by Crippen LogP contribution is -2.45. The Labute approximate surface area is 167 Å². The van der Waals surface area contributed by atoms with Crippen molar-refractivity contribution in [2.45, 2.75) is 71.1 Å². The lowest BCUT2D eigenvalue weighted by atomic mass is 10.1. The van der Waals surface area contributed by atoms with E-state index in [1.807, 2.05) is 0 Å². The first kappa shape index (κ1) is 27.9. The average Bonchev–Trinajstić information content (AvgIpc) is 2.68. The van der Waals surface area contributed by atoms with Crippen LogP contribution in [0.3, 0.4) is 0 Å². The minimum Gasteiger partial charge on any atom is -0.463 e. The van der Waals surface area contributed by atoms with Crippen molar-refractivity contribution in [3.05, 3.63) is 12.7 Å². The summed E-state index contributed by atoms with van der Waals surface area (Å²) in [5.41, 5.74) is 0. The molecule has 0 radical (unpaired) electrons. The van der Waals surface area contributed by atoms with Crippen LogP contribution in [0.5, 0.6) is 0 Å². The summed E-state index contributed by atoms with van der Waals surface area (Å²) in [6.45, 7) is 6.15. The zero-order valence-corrected chi connectivity index (χ0v) is 19.2. The summed E-state index contributed by atoms with van der Waals surface area (Å²) < 4.78 is 19.9. The number of hydrogen-bond donors (Lipinski definition) is 1. The van der Waals surface area contributed by atoms with Crippen LogP contribution in [0.2, 0.25) is 0 Å². The van der Waals surface area contributed by atoms with E-state index in [-0.39, 0.29) is 5.97 Å². The summed E-state index contributed by atoms with van der Waals surface area (Å²) in [7, 11) is 2.37. The normalized spacial score (nSPS) is 10.8. The van der Waals surface area contributed by atoms with Crippen LogP contribution in [0.25, 0.3) is 0 Å². The molecule has 0 bridgehead atoms. The van der Waals surface area contributed by atoms with E-state index in [0.29, 0.717) is 12.0 Å². The molecule has 0 aliphatic carbocycles. The third kappa shape index (κ3) is 17.1. The fourth-order valence-electron chi connectivity index (χ4n) is 2.26. The molecule has 0 fully saturated rings. The van der Waals surface area contributed by atoms with Gasteiger partial charge in [-0.05, 0) is 6.42 Å². The molecular formula is C19H40O5SSi. The number of thiol groups is 1. The number of carbonyl (C=O) groups excluding carboxylic acids is 1. The smallest absolute Gasteiger partial charge is 0.463 e. The Balaban J connectivity index is 0. The largest absolute Gasteiger partial charge is 0.510 e. The second kappa shape index (κ2) is 21.0. The second-order valence-corrected chi connectivity index (χ2v) is 9.86. The lowest BCUT2D eigenvalue weighted by Gasteiger charge is -2.21. The first-order valence-corrected chi connectivity index (χ1v) is 12.2. The molecule has 0 heterocycles. The van der Waals surface area contributed by atoms with Gasteiger partial charge in [0.05, 0.1) is 12.0 Å². The Bertz CT molecular complexity index is 308. The van der Waals surface area contributed by atoms with Gasteiger partial charge in [0.1, 0.15) is 0 Å². The van der Waals surface area contributed by atoms with Crippen molar-refractivity contribution in [2.75, 3.05) is 33.3 Å². The summed E-state index contributed by atoms with van der Waals surface area (Å²) in [6.07, 6.45) is 14.2. The van der Waals surface area contributed by atoms with Gasteiger partial charge in [0.25, 0.3) is 0 Å². The summed E-state index contributed by atoms with van der Waals surface area (Å²) in [4.78, 5) is 10.7. The summed E-state index contributed by atoms with van der Waals surface area (Å²) in [6, 6.07) is 0. The predicted octanol–water partition coefficient (Wildman–Crippen LogP) is 4.97. The van der Waals surface area contributed by atoms with Gasteiger partial charge in [0.15, 0.2) is 0 Å². The van der Waals surface area contributed by atoms with Crippen LogP contribution in [0.15, 0.2) is 12.7 Å². The van der Waals surface area contributed by atoms with Gasteiger partial charge in [-0.25, -0.2) is 4.79 Å². The summed E-state index contributed by atoms with van der Waals surface area (Å²) in [5, 5.41) is 0.510. The zero-order chi connectivity index (χ0) is 20.1. The molecule has 0 atom stereocenters. The average molecular weight is 409 g/mol. The molecule has 26 heavy (non-hydrogen) atoms. The predicted molar refractivity (Wildman–Crippen MR) is 114 cm³/mol. The molecule has 0 N–H and O–H groups in total. The van der Waals surface area contributed by atoms with Crippen molar-refractivity contribution in [3.8, 4) is 0 Å². The number of carbonyl (C=O) groups is 1. The molecular weight excluding hydrogens is 368 g/mol. The van der Waals surface area contributed by atoms with Crippen LogP contribution in [0.1, 0.15) is 71.1 Å². The number of hydrogen-bond acceptors (Lipinski definition) is 6. The molecule has 0 aromatic heterocycles. The molecule has 0 aliphatic heterocycles. The van der Waals surface area contributed by atoms with Crippen molar-refractivity contribution < 1.29 is 22.8 Å². The molecule has 0 rings (SSSR count). The molecule has 0 aliphatic rings. The highest BCUT2D eigenvalue weighted by molar-refractivity contribution is 7.82. The third-order valence-corrected chi connectivity index (χ3v) is 7.45. The van der Waals surface area contributed by atoms with E-state index in [1.54, 1.807) is 21.3 Å². The molecule has 0 amide bonds. The van der Waals surface area contributed by atoms with Gasteiger partial charge in [-0.15, -0.1) is 0 Å². The monoisotopic (exact) mass is 408 g/mol. The number of rotatable bonds is 16. The van der Waals surface area contributed by atoms with E-state index in [9.17, 15) is 4.79 Å². The molecule has 0 saturated carbocycles. The maximum Gasteiger partial charge on any atom is 0.510 e. The fourth-order valence-corrected chi connectivity index (χ4v) is 4.31. The maximum absolute atomic E-state index is 10.7. The van der Waals surface area contributed by atoms with Crippen LogP contribution in [-0.2, 0) is 22.8 Å². The highest BCUT2D eigenvalue weighted by Crippen LogP contribution is 2.10. The first-order chi connectivity index (χ1) is 12.6. The molecule has 5 nitrogen and oxygen atoms in total. The minimum atomic E-state index is -2.33. The Morgan fingerprint density at radius 1 is 0.885 bits per heavy atom. The summed E-state index contributed by atoms with van der Waals surface area (Å²) >= 11 is 4.03. The third-order valence-electron chi connectivity index (χ3n) is 4.04. The van der Waals surface area contributed by atoms with Gasteiger partial charge in [-0.3, -0.25) is 0 Å². The van der Waals surface area contributed by atoms with Crippen LogP contribution < -0.4 is 0 Å². The van der Waals surface area contributed by atoms with Gasteiger partial charge in [0.2, 0.25) is 0 Å². The topological polar surface area (TPSA) is 54.0 Å². The van der Waals surface area contributed by atoms with Crippen LogP contribution >= 0.6 is 12.6 Å². The molecule has 0 unspecified atom stereocenters. The van der Waals surface area contributed by atoms with E-state index < -0.39 is 8.80 Å². The van der Waals surface area contributed by atoms with E-state index in [4.69, 9.17) is 18.0 Å². The fraction of sp³-hybridized carbons (Fsp3) is 0.842. The Hall–Kier alpha value is -0.343. The SMILES string of the molecule is C=CC(=O)OCCCCCCCCCCCC.CO[Si](CS)(OC)OC. The Morgan fingerprint density at radius 3 is 1.62 bits per heavy atom. The van der Waals surface area contributed by atoms with Crippen molar-refractivity contribution in [3.63, 3.8) is 0 Å². The highest BCUT2D eigenvalue weighted by Gasteiger charge is 2.35. The standard InChI is InChI=1S/C15H28O2.C4H12O3SSi/c1-3-5-6-7-8-9-10-11-12-13-14-17-15(16)4-2;1-5-9(4-8,6-2)7-3/h4H,2-3,5-14H2,1H3;8H,4H2,1-3H3. The zero-order valence-electron chi connectivity index (χ0n) is 17.3. The van der Waals surface area contributed by atoms with Gasteiger partial charge < -0.3 is 18.0 Å². The van der Waals surface area contributed by atoms with Crippen LogP contribution in [-0.4, -0.2) is 48.1 Å². The first-order valence-electron chi connectivity index (χ1n) is 9.61. The molecule has 0 aromatic carbocycles. The number of ether oxygens (including phenoxy) is 1. The molecule has 0 saturated heterocycles. The quantitative estimate of drug-likeness (QED) is 0.128. The van der Waals surface area contributed by atoms with Crippen molar-refractivity contribution in [2.24, 2.45) is 0 Å². The molecule has 7 heteroatoms. The van der Waals surface area contributed by atoms with E-state index in [1.165, 1.54) is 63.9 Å². The van der Waals surface area contributed by atoms with Crippen LogP contribution in [0.4, 0.5) is 0 Å². The van der Waals surface area contributed by atoms with Gasteiger partial charge >= 0.3 is 14.8 Å². The van der Waals surface area contributed by atoms with Gasteiger partial charge in [-0.1, -0.05) is 71.3 Å². The lowest BCUT2D eigenvalue weighted by molar-refractivity contribution is -0.137. The van der Waals surface area contributed by atoms with Crippen LogP contribution in [0, 0.1) is 0 Å². The number of esters is 1. The van der Waals surface area contributed by atoms with Gasteiger partial charge in [-0.2, -0.15) is 12.6 Å². The van der Waals surface area contributed by atoms with Crippen molar-refractivity contribution >= 4 is 27.4 Å². The molecule has 0 spiro atoms. The van der Waals surface area contributed by atoms with Crippen molar-refractivity contribution in [1.29, 1.82) is 0 Å². The Kier molecular flexibility index (Phi) is 22.5. The van der Waals surface area contributed by atoms with Gasteiger partial charge in [0, 0.05) is 27.4 Å². The summed E-state index contributed by atoms with van der Waals surface area (Å²) in [5.74, 6) is -0.305. The Morgan fingerprint density at radius 2 is 1.31 bits per heavy atom. The number of unbranched alkanes of at least 4 members (excludes halogenated alkanes) is 9. The highest BCUT2D eigenvalue weighted by atomic mass is 32.1. The molecule has 156 valence electrons. The second-order valence-electron chi connectivity index (χ2n) is 6.01. The van der Waals surface area contributed by atoms with E-state index >= 15 is 0 Å². The van der Waals surface area contributed by atoms with E-state index in [2.05, 4.69) is 26.1 Å². The van der Waals surface area contributed by atoms with Crippen molar-refractivity contribution in [1.82, 2.24) is 0 Å². The maximum atomic E-state index is 10.7. The van der Waals surface area contributed by atoms with E-state index in [0.717, 1.165) is 6.42 Å². The minimum absolute atomic E-state index is 0.305. The molecule has 0 aromatic rings.